The Bertz CT molecular complexity index is 493. The van der Waals surface area contributed by atoms with E-state index in [1.807, 2.05) is 4.57 Å². The first-order valence-corrected chi connectivity index (χ1v) is 4.17. The van der Waals surface area contributed by atoms with E-state index in [4.69, 9.17) is 12.2 Å². The van der Waals surface area contributed by atoms with Crippen molar-refractivity contribution >= 4 is 17.0 Å². The van der Waals surface area contributed by atoms with Crippen molar-refractivity contribution in [3.05, 3.63) is 12.7 Å². The van der Waals surface area contributed by atoms with Crippen molar-refractivity contribution in [3.8, 4) is 12.3 Å². The molecule has 0 spiro atoms. The number of nitrogens with zero attached hydrogens (tertiary/aromatic N) is 4. The Morgan fingerprint density at radius 3 is 3.07 bits per heavy atom. The second-order valence-electron chi connectivity index (χ2n) is 2.82. The molecule has 0 atom stereocenters. The van der Waals surface area contributed by atoms with Crippen molar-refractivity contribution < 1.29 is 0 Å². The van der Waals surface area contributed by atoms with Gasteiger partial charge in [-0.15, -0.1) is 12.3 Å². The highest BCUT2D eigenvalue weighted by Crippen LogP contribution is 2.13. The van der Waals surface area contributed by atoms with Gasteiger partial charge in [0.1, 0.15) is 11.8 Å². The van der Waals surface area contributed by atoms with E-state index in [2.05, 4.69) is 20.9 Å². The van der Waals surface area contributed by atoms with Crippen LogP contribution in [0.1, 0.15) is 6.42 Å². The lowest BCUT2D eigenvalue weighted by atomic mass is 10.4. The highest BCUT2D eigenvalue weighted by Gasteiger charge is 2.06. The van der Waals surface area contributed by atoms with Crippen LogP contribution in [0.5, 0.6) is 0 Å². The first-order chi connectivity index (χ1) is 6.83. The van der Waals surface area contributed by atoms with Crippen LogP contribution in [0.15, 0.2) is 12.7 Å². The maximum absolute atomic E-state index is 5.63. The largest absolute Gasteiger partial charge is 0.382 e. The van der Waals surface area contributed by atoms with Crippen molar-refractivity contribution in [2.45, 2.75) is 13.0 Å². The summed E-state index contributed by atoms with van der Waals surface area (Å²) in [7, 11) is 0. The number of nitrogens with two attached hydrogens (primary N) is 1. The third-order valence-electron chi connectivity index (χ3n) is 1.93. The average molecular weight is 187 g/mol. The number of aromatic nitrogens is 4. The van der Waals surface area contributed by atoms with E-state index in [0.29, 0.717) is 24.3 Å². The van der Waals surface area contributed by atoms with Crippen LogP contribution in [0.3, 0.4) is 0 Å². The molecule has 0 saturated heterocycles. The van der Waals surface area contributed by atoms with Gasteiger partial charge in [0.05, 0.1) is 6.33 Å². The van der Waals surface area contributed by atoms with E-state index >= 15 is 0 Å². The molecule has 0 unspecified atom stereocenters. The van der Waals surface area contributed by atoms with E-state index in [1.165, 1.54) is 6.33 Å². The van der Waals surface area contributed by atoms with Gasteiger partial charge in [0.25, 0.3) is 0 Å². The minimum atomic E-state index is 0.398. The highest BCUT2D eigenvalue weighted by molar-refractivity contribution is 5.80. The molecule has 5 nitrogen and oxygen atoms in total. The third kappa shape index (κ3) is 1.27. The zero-order chi connectivity index (χ0) is 9.97. The number of hydrogen-bond donors (Lipinski definition) is 1. The van der Waals surface area contributed by atoms with E-state index in [-0.39, 0.29) is 0 Å². The van der Waals surface area contributed by atoms with Gasteiger partial charge >= 0.3 is 0 Å². The van der Waals surface area contributed by atoms with Gasteiger partial charge in [-0.05, 0) is 0 Å². The Kier molecular flexibility index (Phi) is 2.03. The van der Waals surface area contributed by atoms with Gasteiger partial charge in [-0.3, -0.25) is 0 Å². The number of rotatable bonds is 2. The summed E-state index contributed by atoms with van der Waals surface area (Å²) in [5.74, 6) is 2.96. The Balaban J connectivity index is 2.48. The van der Waals surface area contributed by atoms with Crippen LogP contribution in [-0.4, -0.2) is 19.5 Å². The fourth-order valence-electron chi connectivity index (χ4n) is 1.25. The second kappa shape index (κ2) is 3.34. The number of anilines is 1. The van der Waals surface area contributed by atoms with Crippen molar-refractivity contribution in [2.24, 2.45) is 0 Å². The molecule has 2 N–H and O–H groups in total. The molecule has 5 heteroatoms. The molecule has 2 aromatic heterocycles. The van der Waals surface area contributed by atoms with Crippen LogP contribution in [0.2, 0.25) is 0 Å². The molecular formula is C9H9N5. The third-order valence-corrected chi connectivity index (χ3v) is 1.93. The fraction of sp³-hybridized carbons (Fsp3) is 0.222. The summed E-state index contributed by atoms with van der Waals surface area (Å²) in [4.78, 5) is 12.1. The lowest BCUT2D eigenvalue weighted by Crippen LogP contribution is -1.98. The minimum absolute atomic E-state index is 0.398. The molecule has 0 aliphatic carbocycles. The molecule has 0 bridgehead atoms. The predicted molar refractivity (Wildman–Crippen MR) is 53.2 cm³/mol. The molecule has 0 saturated carbocycles. The van der Waals surface area contributed by atoms with Gasteiger partial charge < -0.3 is 10.3 Å². The average Bonchev–Trinajstić information content (AvgIpc) is 2.60. The number of terminal acetylenes is 1. The van der Waals surface area contributed by atoms with Gasteiger partial charge in [0, 0.05) is 13.0 Å². The van der Waals surface area contributed by atoms with Gasteiger partial charge in [0.2, 0.25) is 0 Å². The summed E-state index contributed by atoms with van der Waals surface area (Å²) in [6.45, 7) is 0.698. The zero-order valence-corrected chi connectivity index (χ0v) is 7.51. The molecule has 0 aliphatic heterocycles. The topological polar surface area (TPSA) is 69.6 Å². The lowest BCUT2D eigenvalue weighted by Gasteiger charge is -1.99. The van der Waals surface area contributed by atoms with Gasteiger partial charge in [-0.25, -0.2) is 15.0 Å². The monoisotopic (exact) mass is 187 g/mol. The quantitative estimate of drug-likeness (QED) is 0.692. The number of hydrogen-bond acceptors (Lipinski definition) is 4. The Morgan fingerprint density at radius 2 is 2.29 bits per heavy atom. The fourth-order valence-corrected chi connectivity index (χ4v) is 1.25. The maximum Gasteiger partial charge on any atom is 0.165 e. The maximum atomic E-state index is 5.63. The van der Waals surface area contributed by atoms with Crippen LogP contribution in [0.4, 0.5) is 5.82 Å². The van der Waals surface area contributed by atoms with E-state index < -0.39 is 0 Å². The molecule has 0 radical (unpaired) electrons. The molecule has 0 aromatic carbocycles. The van der Waals surface area contributed by atoms with Crippen molar-refractivity contribution in [2.75, 3.05) is 5.73 Å². The Labute approximate surface area is 81.0 Å². The molecule has 14 heavy (non-hydrogen) atoms. The summed E-state index contributed by atoms with van der Waals surface area (Å²) >= 11 is 0. The lowest BCUT2D eigenvalue weighted by molar-refractivity contribution is 0.733. The smallest absolute Gasteiger partial charge is 0.165 e. The molecule has 2 rings (SSSR count). The zero-order valence-electron chi connectivity index (χ0n) is 7.51. The SMILES string of the molecule is C#CCCn1cnc2c(N)ncnc21. The molecule has 0 amide bonds. The van der Waals surface area contributed by atoms with Gasteiger partial charge in [-0.1, -0.05) is 0 Å². The molecule has 2 aromatic rings. The van der Waals surface area contributed by atoms with Crippen LogP contribution in [0.25, 0.3) is 11.2 Å². The summed E-state index contributed by atoms with van der Waals surface area (Å²) in [5.41, 5.74) is 6.99. The van der Waals surface area contributed by atoms with Crippen molar-refractivity contribution in [1.29, 1.82) is 0 Å². The van der Waals surface area contributed by atoms with E-state index in [0.717, 1.165) is 5.65 Å². The highest BCUT2D eigenvalue weighted by atomic mass is 15.1. The predicted octanol–water partition coefficient (Wildman–Crippen LogP) is 0.432. The second-order valence-corrected chi connectivity index (χ2v) is 2.82. The number of fused-ring (bicyclic) bond motifs is 1. The molecule has 2 heterocycles. The Hall–Kier alpha value is -2.09. The van der Waals surface area contributed by atoms with Crippen molar-refractivity contribution in [1.82, 2.24) is 19.5 Å². The summed E-state index contributed by atoms with van der Waals surface area (Å²) < 4.78 is 1.87. The first kappa shape index (κ1) is 8.51. The van der Waals surface area contributed by atoms with Crippen LogP contribution in [0, 0.1) is 12.3 Å². The minimum Gasteiger partial charge on any atom is -0.382 e. The number of aryl methyl sites for hydroxylation is 1. The first-order valence-electron chi connectivity index (χ1n) is 4.17. The standard InChI is InChI=1S/C9H9N5/c1-2-3-4-14-6-13-7-8(10)11-5-12-9(7)14/h1,5-6H,3-4H2,(H2,10,11,12). The molecular weight excluding hydrogens is 178 g/mol. The normalized spacial score (nSPS) is 10.2. The van der Waals surface area contributed by atoms with Gasteiger partial charge in [0.15, 0.2) is 11.5 Å². The number of nitrogen functional groups attached to an aromatic ring is 1. The molecule has 70 valence electrons. The number of imidazole rings is 1. The van der Waals surface area contributed by atoms with Crippen molar-refractivity contribution in [3.63, 3.8) is 0 Å². The molecule has 0 fully saturated rings. The summed E-state index contributed by atoms with van der Waals surface area (Å²) in [6.07, 6.45) is 8.92. The molecule has 0 aliphatic rings. The van der Waals surface area contributed by atoms with Crippen LogP contribution < -0.4 is 5.73 Å². The summed E-state index contributed by atoms with van der Waals surface area (Å²) in [5, 5.41) is 0. The van der Waals surface area contributed by atoms with E-state index in [9.17, 15) is 0 Å². The Morgan fingerprint density at radius 1 is 1.43 bits per heavy atom. The van der Waals surface area contributed by atoms with Crippen LogP contribution in [-0.2, 0) is 6.54 Å². The van der Waals surface area contributed by atoms with E-state index in [1.54, 1.807) is 6.33 Å². The van der Waals surface area contributed by atoms with Crippen LogP contribution >= 0.6 is 0 Å². The van der Waals surface area contributed by atoms with Gasteiger partial charge in [-0.2, -0.15) is 0 Å². The summed E-state index contributed by atoms with van der Waals surface area (Å²) in [6, 6.07) is 0.